The smallest absolute Gasteiger partial charge is 0.253 e. The van der Waals surface area contributed by atoms with E-state index in [0.717, 1.165) is 47.5 Å². The van der Waals surface area contributed by atoms with Crippen molar-refractivity contribution >= 4 is 27.3 Å². The summed E-state index contributed by atoms with van der Waals surface area (Å²) in [5, 5.41) is 29.6. The zero-order chi connectivity index (χ0) is 24.2. The minimum atomic E-state index is -0.937. The summed E-state index contributed by atoms with van der Waals surface area (Å²) in [5.41, 5.74) is 1.31. The first-order valence-electron chi connectivity index (χ1n) is 13.2. The molecule has 5 aliphatic rings. The molecule has 2 aromatic carbocycles. The summed E-state index contributed by atoms with van der Waals surface area (Å²) in [5.74, 6) is 1.31. The number of ether oxygens (including phenoxy) is 1. The Bertz CT molecular complexity index is 1420. The molecule has 1 aromatic heterocycles. The molecule has 8 rings (SSSR count). The Kier molecular flexibility index (Phi) is 4.32. The van der Waals surface area contributed by atoms with Gasteiger partial charge in [-0.1, -0.05) is 24.3 Å². The minimum absolute atomic E-state index is 0.0402. The molecule has 3 fully saturated rings. The molecule has 1 amide bonds. The third kappa shape index (κ3) is 2.66. The SMILES string of the molecule is O=C(N[C@H]1CC[C@@]2(O)[C@H]3Cc4ccc(O)c5c4[C@@]2(CCN3CC2CC2)[C@H]1O5)c1csc2ccccc12. The predicted octanol–water partition coefficient (Wildman–Crippen LogP) is 3.97. The van der Waals surface area contributed by atoms with Crippen LogP contribution in [0.2, 0.25) is 0 Å². The molecular formula is C29H30N2O4S. The molecule has 3 N–H and O–H groups in total. The summed E-state index contributed by atoms with van der Waals surface area (Å²) < 4.78 is 7.67. The number of thiophene rings is 1. The highest BCUT2D eigenvalue weighted by Crippen LogP contribution is 2.65. The van der Waals surface area contributed by atoms with E-state index in [1.807, 2.05) is 35.7 Å². The van der Waals surface area contributed by atoms with Crippen LogP contribution in [0.25, 0.3) is 10.1 Å². The van der Waals surface area contributed by atoms with Gasteiger partial charge >= 0.3 is 0 Å². The summed E-state index contributed by atoms with van der Waals surface area (Å²) in [7, 11) is 0. The van der Waals surface area contributed by atoms with Crippen molar-refractivity contribution in [2.45, 2.75) is 67.7 Å². The summed E-state index contributed by atoms with van der Waals surface area (Å²) in [4.78, 5) is 16.1. The van der Waals surface area contributed by atoms with Crippen molar-refractivity contribution in [3.05, 3.63) is 58.5 Å². The van der Waals surface area contributed by atoms with Crippen molar-refractivity contribution in [2.75, 3.05) is 13.1 Å². The largest absolute Gasteiger partial charge is 0.504 e. The second-order valence-electron chi connectivity index (χ2n) is 11.6. The van der Waals surface area contributed by atoms with E-state index in [4.69, 9.17) is 4.74 Å². The maximum absolute atomic E-state index is 13.5. The maximum atomic E-state index is 13.5. The van der Waals surface area contributed by atoms with Gasteiger partial charge in [0.2, 0.25) is 0 Å². The van der Waals surface area contributed by atoms with Crippen LogP contribution in [0.5, 0.6) is 11.5 Å². The molecule has 3 aromatic rings. The van der Waals surface area contributed by atoms with Crippen LogP contribution in [0, 0.1) is 5.92 Å². The van der Waals surface area contributed by atoms with Gasteiger partial charge in [-0.3, -0.25) is 9.69 Å². The van der Waals surface area contributed by atoms with Crippen LogP contribution in [0.1, 0.15) is 53.6 Å². The second kappa shape index (κ2) is 7.24. The number of piperidine rings is 1. The molecule has 0 radical (unpaired) electrons. The van der Waals surface area contributed by atoms with E-state index in [1.165, 1.54) is 18.4 Å². The van der Waals surface area contributed by atoms with E-state index in [2.05, 4.69) is 10.2 Å². The lowest BCUT2D eigenvalue weighted by molar-refractivity contribution is -0.191. The van der Waals surface area contributed by atoms with E-state index in [0.29, 0.717) is 24.2 Å². The fourth-order valence-electron chi connectivity index (χ4n) is 8.03. The number of phenolic OH excluding ortho intramolecular Hbond substituents is 1. The number of aliphatic hydroxyl groups is 1. The third-order valence-electron chi connectivity index (χ3n) is 9.80. The monoisotopic (exact) mass is 502 g/mol. The number of carbonyl (C=O) groups is 1. The van der Waals surface area contributed by atoms with E-state index in [9.17, 15) is 15.0 Å². The molecule has 1 spiro atoms. The molecule has 1 saturated heterocycles. The van der Waals surface area contributed by atoms with Crippen molar-refractivity contribution in [1.82, 2.24) is 10.2 Å². The van der Waals surface area contributed by atoms with Crippen molar-refractivity contribution in [2.24, 2.45) is 5.92 Å². The third-order valence-corrected chi connectivity index (χ3v) is 10.8. The first-order valence-corrected chi connectivity index (χ1v) is 14.1. The normalized spacial score (nSPS) is 34.3. The number of hydrogen-bond donors (Lipinski definition) is 3. The van der Waals surface area contributed by atoms with Gasteiger partial charge in [0.05, 0.1) is 22.6 Å². The molecule has 2 bridgehead atoms. The number of nitrogens with one attached hydrogen (secondary N) is 1. The van der Waals surface area contributed by atoms with Gasteiger partial charge in [-0.25, -0.2) is 0 Å². The molecule has 3 aliphatic carbocycles. The Balaban J connectivity index is 1.20. The first-order chi connectivity index (χ1) is 17.5. The first kappa shape index (κ1) is 21.5. The lowest BCUT2D eigenvalue weighted by Crippen LogP contribution is -2.78. The van der Waals surface area contributed by atoms with Crippen LogP contribution in [0.3, 0.4) is 0 Å². The van der Waals surface area contributed by atoms with Gasteiger partial charge in [0.1, 0.15) is 6.10 Å². The number of likely N-dealkylation sites (tertiary alicyclic amines) is 1. The summed E-state index contributed by atoms with van der Waals surface area (Å²) in [6.45, 7) is 1.97. The van der Waals surface area contributed by atoms with Gasteiger partial charge in [-0.15, -0.1) is 11.3 Å². The van der Waals surface area contributed by atoms with Crippen LogP contribution < -0.4 is 10.1 Å². The summed E-state index contributed by atoms with van der Waals surface area (Å²) >= 11 is 1.58. The summed E-state index contributed by atoms with van der Waals surface area (Å²) in [6, 6.07) is 11.5. The molecule has 36 heavy (non-hydrogen) atoms. The fourth-order valence-corrected chi connectivity index (χ4v) is 8.97. The van der Waals surface area contributed by atoms with Crippen molar-refractivity contribution < 1.29 is 19.7 Å². The van der Waals surface area contributed by atoms with Crippen molar-refractivity contribution in [3.8, 4) is 11.5 Å². The molecule has 3 heterocycles. The van der Waals surface area contributed by atoms with E-state index >= 15 is 0 Å². The van der Waals surface area contributed by atoms with Gasteiger partial charge in [0.25, 0.3) is 5.91 Å². The Morgan fingerprint density at radius 3 is 2.89 bits per heavy atom. The number of nitrogens with zero attached hydrogens (tertiary/aromatic N) is 1. The number of fused-ring (bicyclic) bond motifs is 1. The van der Waals surface area contributed by atoms with Gasteiger partial charge in [0, 0.05) is 33.6 Å². The quantitative estimate of drug-likeness (QED) is 0.503. The number of benzene rings is 2. The number of rotatable bonds is 4. The minimum Gasteiger partial charge on any atom is -0.504 e. The highest BCUT2D eigenvalue weighted by molar-refractivity contribution is 7.17. The van der Waals surface area contributed by atoms with Crippen LogP contribution >= 0.6 is 11.3 Å². The van der Waals surface area contributed by atoms with Crippen molar-refractivity contribution in [1.29, 1.82) is 0 Å². The number of phenols is 1. The van der Waals surface area contributed by atoms with Gasteiger partial charge < -0.3 is 20.3 Å². The highest BCUT2D eigenvalue weighted by Gasteiger charge is 2.73. The molecule has 186 valence electrons. The molecule has 7 heteroatoms. The van der Waals surface area contributed by atoms with Crippen LogP contribution in [0.15, 0.2) is 41.8 Å². The topological polar surface area (TPSA) is 82.0 Å². The fraction of sp³-hybridized carbons (Fsp3) is 0.483. The predicted molar refractivity (Wildman–Crippen MR) is 138 cm³/mol. The molecular weight excluding hydrogens is 472 g/mol. The average Bonchev–Trinajstić information content (AvgIpc) is 3.46. The standard InChI is InChI=1S/C29H30N2O4S/c32-21-8-7-17-13-23-29(34)10-9-20(30-27(33)19-15-36-22-4-2-1-3-18(19)22)26-28(29,24(17)25(21)35-26)11-12-31(23)14-16-5-6-16/h1-4,7-8,15-16,20,23,26,32,34H,5-6,9-14H2,(H,30,33)/t20-,23+,26-,28-,29+/m0/s1. The van der Waals surface area contributed by atoms with E-state index < -0.39 is 17.1 Å². The maximum Gasteiger partial charge on any atom is 0.253 e. The van der Waals surface area contributed by atoms with Crippen LogP contribution in [-0.2, 0) is 11.8 Å². The number of amides is 1. The Morgan fingerprint density at radius 1 is 1.17 bits per heavy atom. The highest BCUT2D eigenvalue weighted by atomic mass is 32.1. The lowest BCUT2D eigenvalue weighted by atomic mass is 9.48. The number of carbonyl (C=O) groups excluding carboxylic acids is 1. The second-order valence-corrected chi connectivity index (χ2v) is 12.5. The van der Waals surface area contributed by atoms with E-state index in [1.54, 1.807) is 17.4 Å². The molecule has 2 saturated carbocycles. The van der Waals surface area contributed by atoms with Crippen LogP contribution in [-0.4, -0.2) is 57.9 Å². The molecule has 2 aliphatic heterocycles. The molecule has 0 unspecified atom stereocenters. The Hall–Kier alpha value is -2.61. The lowest BCUT2D eigenvalue weighted by Gasteiger charge is -2.64. The van der Waals surface area contributed by atoms with Crippen molar-refractivity contribution in [3.63, 3.8) is 0 Å². The average molecular weight is 503 g/mol. The Morgan fingerprint density at radius 2 is 2.03 bits per heavy atom. The van der Waals surface area contributed by atoms with Gasteiger partial charge in [-0.2, -0.15) is 0 Å². The molecule has 6 nitrogen and oxygen atoms in total. The Labute approximate surface area is 213 Å². The number of aromatic hydroxyl groups is 1. The van der Waals surface area contributed by atoms with Gasteiger partial charge in [-0.05, 0) is 68.7 Å². The van der Waals surface area contributed by atoms with Gasteiger partial charge in [0.15, 0.2) is 11.5 Å². The van der Waals surface area contributed by atoms with E-state index in [-0.39, 0.29) is 23.7 Å². The zero-order valence-electron chi connectivity index (χ0n) is 20.1. The zero-order valence-corrected chi connectivity index (χ0v) is 20.9. The summed E-state index contributed by atoms with van der Waals surface area (Å²) in [6.07, 6.45) is 4.99. The van der Waals surface area contributed by atoms with Crippen LogP contribution in [0.4, 0.5) is 0 Å². The number of hydrogen-bond acceptors (Lipinski definition) is 6. The molecule has 5 atom stereocenters.